The number of rotatable bonds is 4. The highest BCUT2D eigenvalue weighted by molar-refractivity contribution is 6.33. The van der Waals surface area contributed by atoms with Gasteiger partial charge in [0.05, 0.1) is 26.9 Å². The Bertz CT molecular complexity index is 702. The van der Waals surface area contributed by atoms with Crippen molar-refractivity contribution in [1.82, 2.24) is 9.78 Å². The maximum atomic E-state index is 12.1. The summed E-state index contributed by atoms with van der Waals surface area (Å²) >= 11 is 11.7. The number of halogens is 2. The maximum absolute atomic E-state index is 12.1. The van der Waals surface area contributed by atoms with Gasteiger partial charge < -0.3 is 5.32 Å². The Balaban J connectivity index is 2.19. The lowest BCUT2D eigenvalue weighted by molar-refractivity contribution is -0.384. The Hall–Kier alpha value is -2.12. The van der Waals surface area contributed by atoms with Gasteiger partial charge in [0, 0.05) is 18.3 Å². The third-order valence-electron chi connectivity index (χ3n) is 2.76. The van der Waals surface area contributed by atoms with Crippen molar-refractivity contribution in [2.75, 3.05) is 5.32 Å². The molecule has 1 unspecified atom stereocenters. The van der Waals surface area contributed by atoms with Crippen molar-refractivity contribution in [1.29, 1.82) is 0 Å². The van der Waals surface area contributed by atoms with Gasteiger partial charge in [-0.3, -0.25) is 19.6 Å². The Kier molecular flexibility index (Phi) is 4.44. The first-order valence-electron chi connectivity index (χ1n) is 5.83. The van der Waals surface area contributed by atoms with Gasteiger partial charge in [-0.05, 0) is 13.0 Å². The van der Waals surface area contributed by atoms with E-state index in [2.05, 4.69) is 10.4 Å². The molecule has 0 fully saturated rings. The molecule has 110 valence electrons. The fourth-order valence-corrected chi connectivity index (χ4v) is 1.92. The lowest BCUT2D eigenvalue weighted by Crippen LogP contribution is -2.24. The van der Waals surface area contributed by atoms with E-state index in [1.54, 1.807) is 6.92 Å². The number of hydrogen-bond donors (Lipinski definition) is 1. The van der Waals surface area contributed by atoms with Gasteiger partial charge in [0.2, 0.25) is 5.91 Å². The van der Waals surface area contributed by atoms with Crippen molar-refractivity contribution in [2.45, 2.75) is 13.0 Å². The number of nitro groups is 1. The summed E-state index contributed by atoms with van der Waals surface area (Å²) in [5, 5.41) is 17.8. The molecule has 1 aromatic carbocycles. The van der Waals surface area contributed by atoms with Gasteiger partial charge in [-0.15, -0.1) is 0 Å². The molecule has 0 spiro atoms. The van der Waals surface area contributed by atoms with Crippen LogP contribution in [-0.2, 0) is 4.79 Å². The predicted octanol–water partition coefficient (Wildman–Crippen LogP) is 3.30. The number of anilines is 1. The van der Waals surface area contributed by atoms with Gasteiger partial charge in [-0.2, -0.15) is 5.10 Å². The number of aromatic nitrogens is 2. The third-order valence-corrected chi connectivity index (χ3v) is 3.29. The molecule has 0 aliphatic rings. The van der Waals surface area contributed by atoms with Crippen LogP contribution in [0.25, 0.3) is 0 Å². The van der Waals surface area contributed by atoms with E-state index in [1.165, 1.54) is 35.3 Å². The summed E-state index contributed by atoms with van der Waals surface area (Å²) in [6.45, 7) is 1.61. The average molecular weight is 329 g/mol. The van der Waals surface area contributed by atoms with Crippen LogP contribution in [0.2, 0.25) is 10.0 Å². The molecule has 1 atom stereocenters. The normalized spacial score (nSPS) is 12.0. The van der Waals surface area contributed by atoms with Crippen LogP contribution in [0.15, 0.2) is 30.6 Å². The monoisotopic (exact) mass is 328 g/mol. The second kappa shape index (κ2) is 6.11. The van der Waals surface area contributed by atoms with Crippen LogP contribution in [0.5, 0.6) is 0 Å². The molecule has 0 saturated carbocycles. The van der Waals surface area contributed by atoms with Crippen LogP contribution < -0.4 is 5.32 Å². The van der Waals surface area contributed by atoms with Crippen LogP contribution in [0.1, 0.15) is 13.0 Å². The molecule has 2 aromatic rings. The highest BCUT2D eigenvalue weighted by atomic mass is 35.5. The SMILES string of the molecule is CC(C(=O)Nc1cc([N+](=O)[O-])ccc1Cl)n1cc(Cl)cn1. The highest BCUT2D eigenvalue weighted by Gasteiger charge is 2.18. The minimum atomic E-state index is -0.646. The maximum Gasteiger partial charge on any atom is 0.271 e. The summed E-state index contributed by atoms with van der Waals surface area (Å²) in [4.78, 5) is 22.3. The summed E-state index contributed by atoms with van der Waals surface area (Å²) in [6, 6.07) is 3.16. The number of non-ortho nitro benzene ring substituents is 1. The summed E-state index contributed by atoms with van der Waals surface area (Å²) in [5.74, 6) is -0.419. The molecule has 0 radical (unpaired) electrons. The fraction of sp³-hybridized carbons (Fsp3) is 0.167. The molecular formula is C12H10Cl2N4O3. The van der Waals surface area contributed by atoms with Gasteiger partial charge in [-0.1, -0.05) is 23.2 Å². The molecule has 9 heteroatoms. The second-order valence-electron chi connectivity index (χ2n) is 4.23. The number of nitrogens with one attached hydrogen (secondary N) is 1. The minimum Gasteiger partial charge on any atom is -0.323 e. The number of hydrogen-bond acceptors (Lipinski definition) is 4. The van der Waals surface area contributed by atoms with E-state index in [1.807, 2.05) is 0 Å². The molecule has 1 amide bonds. The average Bonchev–Trinajstić information content (AvgIpc) is 2.86. The van der Waals surface area contributed by atoms with Crippen molar-refractivity contribution in [3.63, 3.8) is 0 Å². The molecule has 1 N–H and O–H groups in total. The van der Waals surface area contributed by atoms with Crippen molar-refractivity contribution in [3.8, 4) is 0 Å². The number of carbonyl (C=O) groups excluding carboxylic acids is 1. The third kappa shape index (κ3) is 3.50. The molecule has 1 aromatic heterocycles. The Morgan fingerprint density at radius 2 is 2.19 bits per heavy atom. The molecular weight excluding hydrogens is 319 g/mol. The molecule has 1 heterocycles. The van der Waals surface area contributed by atoms with Gasteiger partial charge in [0.15, 0.2) is 0 Å². The van der Waals surface area contributed by atoms with Gasteiger partial charge >= 0.3 is 0 Å². The van der Waals surface area contributed by atoms with E-state index in [-0.39, 0.29) is 16.4 Å². The minimum absolute atomic E-state index is 0.163. The molecule has 7 nitrogen and oxygen atoms in total. The standard InChI is InChI=1S/C12H10Cl2N4O3/c1-7(17-6-8(13)5-15-17)12(19)16-11-4-9(18(20)21)2-3-10(11)14/h2-7H,1H3,(H,16,19). The van der Waals surface area contributed by atoms with Crippen molar-refractivity contribution in [3.05, 3.63) is 50.8 Å². The van der Waals surface area contributed by atoms with Gasteiger partial charge in [0.1, 0.15) is 6.04 Å². The first-order valence-corrected chi connectivity index (χ1v) is 6.58. The zero-order valence-electron chi connectivity index (χ0n) is 10.8. The fourth-order valence-electron chi connectivity index (χ4n) is 1.61. The van der Waals surface area contributed by atoms with Crippen molar-refractivity contribution >= 4 is 40.5 Å². The van der Waals surface area contributed by atoms with Crippen molar-refractivity contribution in [2.24, 2.45) is 0 Å². The van der Waals surface area contributed by atoms with Crippen LogP contribution in [0, 0.1) is 10.1 Å². The number of carbonyl (C=O) groups is 1. The van der Waals surface area contributed by atoms with Crippen molar-refractivity contribution < 1.29 is 9.72 Å². The predicted molar refractivity (Wildman–Crippen MR) is 78.7 cm³/mol. The van der Waals surface area contributed by atoms with Gasteiger partial charge in [-0.25, -0.2) is 0 Å². The van der Waals surface area contributed by atoms with E-state index < -0.39 is 16.9 Å². The number of benzene rings is 1. The zero-order chi connectivity index (χ0) is 15.6. The molecule has 0 aliphatic heterocycles. The number of amides is 1. The Morgan fingerprint density at radius 1 is 1.48 bits per heavy atom. The number of nitro benzene ring substituents is 1. The quantitative estimate of drug-likeness (QED) is 0.688. The first kappa shape index (κ1) is 15.3. The van der Waals surface area contributed by atoms with E-state index in [0.29, 0.717) is 5.02 Å². The van der Waals surface area contributed by atoms with Crippen LogP contribution in [-0.4, -0.2) is 20.6 Å². The summed E-state index contributed by atoms with van der Waals surface area (Å²) in [6.07, 6.45) is 2.91. The van der Waals surface area contributed by atoms with Crippen LogP contribution >= 0.6 is 23.2 Å². The second-order valence-corrected chi connectivity index (χ2v) is 5.07. The van der Waals surface area contributed by atoms with E-state index >= 15 is 0 Å². The highest BCUT2D eigenvalue weighted by Crippen LogP contribution is 2.27. The Labute approximate surface area is 129 Å². The lowest BCUT2D eigenvalue weighted by Gasteiger charge is -2.13. The number of nitrogens with zero attached hydrogens (tertiary/aromatic N) is 3. The molecule has 0 aliphatic carbocycles. The smallest absolute Gasteiger partial charge is 0.271 e. The van der Waals surface area contributed by atoms with E-state index in [4.69, 9.17) is 23.2 Å². The summed E-state index contributed by atoms with van der Waals surface area (Å²) in [5.41, 5.74) is 0.00505. The lowest BCUT2D eigenvalue weighted by atomic mass is 10.2. The van der Waals surface area contributed by atoms with E-state index in [0.717, 1.165) is 0 Å². The largest absolute Gasteiger partial charge is 0.323 e. The van der Waals surface area contributed by atoms with Crippen LogP contribution in [0.3, 0.4) is 0 Å². The van der Waals surface area contributed by atoms with Crippen LogP contribution in [0.4, 0.5) is 11.4 Å². The van der Waals surface area contributed by atoms with E-state index in [9.17, 15) is 14.9 Å². The topological polar surface area (TPSA) is 90.1 Å². The molecule has 0 saturated heterocycles. The zero-order valence-corrected chi connectivity index (χ0v) is 12.3. The molecule has 0 bridgehead atoms. The first-order chi connectivity index (χ1) is 9.88. The summed E-state index contributed by atoms with van der Waals surface area (Å²) in [7, 11) is 0. The summed E-state index contributed by atoms with van der Waals surface area (Å²) < 4.78 is 1.38. The molecule has 21 heavy (non-hydrogen) atoms. The van der Waals surface area contributed by atoms with Gasteiger partial charge in [0.25, 0.3) is 5.69 Å². The Morgan fingerprint density at radius 3 is 2.76 bits per heavy atom. The molecule has 2 rings (SSSR count).